The first kappa shape index (κ1) is 13.3. The number of nitrogens with zero attached hydrogens (tertiary/aromatic N) is 2. The third-order valence-corrected chi connectivity index (χ3v) is 4.49. The third kappa shape index (κ3) is 1.57. The Morgan fingerprint density at radius 1 is 1.40 bits per heavy atom. The van der Waals surface area contributed by atoms with Gasteiger partial charge in [-0.2, -0.15) is 0 Å². The van der Waals surface area contributed by atoms with Gasteiger partial charge in [0.25, 0.3) is 0 Å². The largest absolute Gasteiger partial charge is 0.381 e. The third-order valence-electron chi connectivity index (χ3n) is 4.49. The van der Waals surface area contributed by atoms with Crippen LogP contribution in [0.4, 0.5) is 14.7 Å². The number of aromatic nitrogens is 2. The summed E-state index contributed by atoms with van der Waals surface area (Å²) >= 11 is 0. The second-order valence-corrected chi connectivity index (χ2v) is 5.87. The van der Waals surface area contributed by atoms with Crippen LogP contribution in [-0.2, 0) is 4.74 Å². The topological polar surface area (TPSA) is 53.1 Å². The van der Waals surface area contributed by atoms with Gasteiger partial charge in [-0.1, -0.05) is 13.8 Å². The molecule has 0 radical (unpaired) electrons. The molecule has 1 aliphatic rings. The van der Waals surface area contributed by atoms with Crippen molar-refractivity contribution in [1.29, 1.82) is 0 Å². The predicted octanol–water partition coefficient (Wildman–Crippen LogP) is 2.88. The summed E-state index contributed by atoms with van der Waals surface area (Å²) in [4.78, 5) is 4.13. The molecular weight excluding hydrogens is 264 g/mol. The van der Waals surface area contributed by atoms with Gasteiger partial charge >= 0.3 is 0 Å². The predicted molar refractivity (Wildman–Crippen MR) is 72.3 cm³/mol. The van der Waals surface area contributed by atoms with Crippen molar-refractivity contribution in [3.05, 3.63) is 23.8 Å². The lowest BCUT2D eigenvalue weighted by atomic mass is 9.64. The van der Waals surface area contributed by atoms with E-state index >= 15 is 0 Å². The summed E-state index contributed by atoms with van der Waals surface area (Å²) < 4.78 is 34.6. The zero-order chi connectivity index (χ0) is 14.7. The van der Waals surface area contributed by atoms with Crippen LogP contribution in [0.25, 0.3) is 11.0 Å². The van der Waals surface area contributed by atoms with Crippen molar-refractivity contribution in [2.45, 2.75) is 32.4 Å². The molecule has 1 aromatic carbocycles. The molecule has 0 saturated heterocycles. The minimum absolute atomic E-state index is 0.0613. The van der Waals surface area contributed by atoms with Crippen molar-refractivity contribution in [2.75, 3.05) is 12.8 Å². The first-order valence-electron chi connectivity index (χ1n) is 6.52. The summed E-state index contributed by atoms with van der Waals surface area (Å²) in [5, 5.41) is 0. The van der Waals surface area contributed by atoms with E-state index in [2.05, 4.69) is 4.98 Å². The molecule has 3 rings (SSSR count). The number of ether oxygens (including phenoxy) is 1. The molecule has 2 atom stereocenters. The van der Waals surface area contributed by atoms with Crippen LogP contribution in [-0.4, -0.2) is 22.8 Å². The molecule has 1 aliphatic carbocycles. The number of benzene rings is 1. The van der Waals surface area contributed by atoms with E-state index in [1.54, 1.807) is 11.7 Å². The fourth-order valence-electron chi connectivity index (χ4n) is 3.16. The molecule has 1 saturated carbocycles. The Kier molecular flexibility index (Phi) is 2.76. The Hall–Kier alpha value is -1.69. The van der Waals surface area contributed by atoms with Gasteiger partial charge in [0.1, 0.15) is 5.52 Å². The average molecular weight is 281 g/mol. The summed E-state index contributed by atoms with van der Waals surface area (Å²) in [5.41, 5.74) is 6.21. The second-order valence-electron chi connectivity index (χ2n) is 5.87. The summed E-state index contributed by atoms with van der Waals surface area (Å²) in [6, 6.07) is 2.45. The van der Waals surface area contributed by atoms with E-state index in [0.29, 0.717) is 11.9 Å². The highest BCUT2D eigenvalue weighted by atomic mass is 19.2. The number of imidazole rings is 1. The Balaban J connectivity index is 2.18. The first-order chi connectivity index (χ1) is 9.37. The fraction of sp³-hybridized carbons (Fsp3) is 0.500. The molecule has 6 heteroatoms. The molecule has 0 amide bonds. The van der Waals surface area contributed by atoms with E-state index in [4.69, 9.17) is 10.5 Å². The van der Waals surface area contributed by atoms with Crippen molar-refractivity contribution >= 4 is 17.0 Å². The molecule has 2 aromatic rings. The fourth-order valence-corrected chi connectivity index (χ4v) is 3.16. The molecule has 1 fully saturated rings. The van der Waals surface area contributed by atoms with E-state index in [9.17, 15) is 8.78 Å². The molecule has 0 bridgehead atoms. The molecule has 0 spiro atoms. The van der Waals surface area contributed by atoms with Gasteiger partial charge in [-0.25, -0.2) is 13.8 Å². The molecule has 0 aliphatic heterocycles. The lowest BCUT2D eigenvalue weighted by Gasteiger charge is -2.51. The van der Waals surface area contributed by atoms with E-state index < -0.39 is 11.6 Å². The maximum Gasteiger partial charge on any atom is 0.201 e. The Morgan fingerprint density at radius 3 is 2.70 bits per heavy atom. The van der Waals surface area contributed by atoms with Crippen LogP contribution >= 0.6 is 0 Å². The van der Waals surface area contributed by atoms with Gasteiger partial charge in [0.15, 0.2) is 11.6 Å². The molecule has 2 N–H and O–H groups in total. The van der Waals surface area contributed by atoms with Crippen LogP contribution in [0, 0.1) is 17.0 Å². The molecule has 20 heavy (non-hydrogen) atoms. The van der Waals surface area contributed by atoms with Gasteiger partial charge in [-0.3, -0.25) is 0 Å². The quantitative estimate of drug-likeness (QED) is 0.921. The summed E-state index contributed by atoms with van der Waals surface area (Å²) in [7, 11) is 1.65. The number of anilines is 1. The van der Waals surface area contributed by atoms with Crippen LogP contribution in [0.2, 0.25) is 0 Å². The van der Waals surface area contributed by atoms with Crippen LogP contribution in [0.1, 0.15) is 26.3 Å². The van der Waals surface area contributed by atoms with Gasteiger partial charge in [-0.15, -0.1) is 0 Å². The summed E-state index contributed by atoms with van der Waals surface area (Å²) in [5.74, 6) is -1.58. The van der Waals surface area contributed by atoms with Crippen molar-refractivity contribution < 1.29 is 13.5 Å². The first-order valence-corrected chi connectivity index (χ1v) is 6.52. The van der Waals surface area contributed by atoms with Gasteiger partial charge in [-0.05, 0) is 18.6 Å². The van der Waals surface area contributed by atoms with Gasteiger partial charge in [0.2, 0.25) is 5.95 Å². The molecule has 4 nitrogen and oxygen atoms in total. The Morgan fingerprint density at radius 2 is 2.10 bits per heavy atom. The minimum Gasteiger partial charge on any atom is -0.381 e. The van der Waals surface area contributed by atoms with Crippen molar-refractivity contribution in [3.8, 4) is 0 Å². The number of hydrogen-bond acceptors (Lipinski definition) is 3. The molecular formula is C14H17F2N3O. The van der Waals surface area contributed by atoms with Crippen LogP contribution in [0.3, 0.4) is 0 Å². The van der Waals surface area contributed by atoms with Gasteiger partial charge in [0.05, 0.1) is 11.6 Å². The van der Waals surface area contributed by atoms with Crippen LogP contribution in [0.5, 0.6) is 0 Å². The van der Waals surface area contributed by atoms with E-state index in [1.807, 2.05) is 13.8 Å². The summed E-state index contributed by atoms with van der Waals surface area (Å²) in [6.45, 7) is 4.05. The van der Waals surface area contributed by atoms with Crippen molar-refractivity contribution in [1.82, 2.24) is 9.55 Å². The molecule has 2 unspecified atom stereocenters. The zero-order valence-corrected chi connectivity index (χ0v) is 11.7. The number of nitrogen functional groups attached to an aromatic ring is 1. The number of nitrogens with two attached hydrogens (primary N) is 1. The van der Waals surface area contributed by atoms with Crippen molar-refractivity contribution in [2.24, 2.45) is 5.41 Å². The van der Waals surface area contributed by atoms with E-state index in [1.165, 1.54) is 6.07 Å². The number of fused-ring (bicyclic) bond motifs is 1. The van der Waals surface area contributed by atoms with E-state index in [-0.39, 0.29) is 29.0 Å². The molecule has 1 aromatic heterocycles. The minimum atomic E-state index is -0.900. The van der Waals surface area contributed by atoms with E-state index in [0.717, 1.165) is 6.07 Å². The highest BCUT2D eigenvalue weighted by Crippen LogP contribution is 2.52. The SMILES string of the molecule is COC1CC(n2c(N)nc3ccc(F)c(F)c32)C1(C)C. The van der Waals surface area contributed by atoms with Crippen molar-refractivity contribution in [3.63, 3.8) is 0 Å². The number of rotatable bonds is 2. The highest BCUT2D eigenvalue weighted by molar-refractivity contribution is 5.79. The number of halogens is 2. The lowest BCUT2D eigenvalue weighted by Crippen LogP contribution is -2.51. The molecule has 1 heterocycles. The molecule has 108 valence electrons. The number of methoxy groups -OCH3 is 1. The maximum absolute atomic E-state index is 14.1. The smallest absolute Gasteiger partial charge is 0.201 e. The lowest BCUT2D eigenvalue weighted by molar-refractivity contribution is -0.111. The Labute approximate surface area is 115 Å². The monoisotopic (exact) mass is 281 g/mol. The Bertz CT molecular complexity index is 681. The zero-order valence-electron chi connectivity index (χ0n) is 11.7. The maximum atomic E-state index is 14.1. The highest BCUT2D eigenvalue weighted by Gasteiger charge is 2.50. The van der Waals surface area contributed by atoms with Crippen LogP contribution in [0.15, 0.2) is 12.1 Å². The van der Waals surface area contributed by atoms with Gasteiger partial charge < -0.3 is 15.0 Å². The number of hydrogen-bond donors (Lipinski definition) is 1. The summed E-state index contributed by atoms with van der Waals surface area (Å²) in [6.07, 6.45) is 0.774. The van der Waals surface area contributed by atoms with Gasteiger partial charge in [0, 0.05) is 18.6 Å². The van der Waals surface area contributed by atoms with Crippen LogP contribution < -0.4 is 5.73 Å². The average Bonchev–Trinajstić information content (AvgIpc) is 2.71. The normalized spacial score (nSPS) is 24.9. The standard InChI is InChI=1S/C14H17F2N3O/c1-14(2)9(6-10(14)20-3)19-12-8(18-13(19)17)5-4-7(15)11(12)16/h4-5,9-10H,6H2,1-3H3,(H2,17,18). The second kappa shape index (κ2) is 4.15.